The van der Waals surface area contributed by atoms with Crippen molar-refractivity contribution in [1.29, 1.82) is 0 Å². The average Bonchev–Trinajstić information content (AvgIpc) is 2.22. The van der Waals surface area contributed by atoms with Crippen molar-refractivity contribution in [2.75, 3.05) is 20.3 Å². The summed E-state index contributed by atoms with van der Waals surface area (Å²) in [4.78, 5) is 3.41. The monoisotopic (exact) mass is 231 g/mol. The molecule has 88 valence electrons. The second-order valence-electron chi connectivity index (χ2n) is 2.72. The molecule has 0 radical (unpaired) electrons. The van der Waals surface area contributed by atoms with Crippen LogP contribution in [0.3, 0.4) is 0 Å². The fourth-order valence-electron chi connectivity index (χ4n) is 0.933. The van der Waals surface area contributed by atoms with Crippen molar-refractivity contribution in [3.63, 3.8) is 0 Å². The highest BCUT2D eigenvalue weighted by molar-refractivity contribution is 6.33. The lowest BCUT2D eigenvalue weighted by Gasteiger charge is -2.10. The molecule has 0 saturated heterocycles. The molecule has 1 rings (SSSR count). The van der Waals surface area contributed by atoms with E-state index in [-0.39, 0.29) is 18.2 Å². The molecule has 0 saturated carbocycles. The number of nitrogens with zero attached hydrogens (tertiary/aromatic N) is 1. The molecule has 0 aromatic carbocycles. The molecule has 8 heteroatoms. The number of aromatic nitrogens is 1. The number of halogens is 1. The van der Waals surface area contributed by atoms with Crippen LogP contribution in [0.15, 0.2) is 12.1 Å². The van der Waals surface area contributed by atoms with Crippen molar-refractivity contribution in [1.82, 2.24) is 4.98 Å². The molecule has 6 nitrogen and oxygen atoms in total. The topological polar surface area (TPSA) is 81.0 Å². The van der Waals surface area contributed by atoms with Gasteiger partial charge in [0.25, 0.3) is 5.88 Å². The molecular formula is C8H11BFNO5. The molecule has 0 bridgehead atoms. The van der Waals surface area contributed by atoms with E-state index in [9.17, 15) is 4.39 Å². The van der Waals surface area contributed by atoms with Gasteiger partial charge >= 0.3 is 7.32 Å². The van der Waals surface area contributed by atoms with Crippen LogP contribution in [0, 0.1) is 5.95 Å². The van der Waals surface area contributed by atoms with Crippen LogP contribution >= 0.6 is 0 Å². The minimum Gasteiger partial charge on any atom is -0.508 e. The third kappa shape index (κ3) is 4.01. The summed E-state index contributed by atoms with van der Waals surface area (Å²) >= 11 is 0. The van der Waals surface area contributed by atoms with Crippen LogP contribution in [0.1, 0.15) is 0 Å². The first-order chi connectivity index (χ1) is 7.63. The fraction of sp³-hybridized carbons (Fsp3) is 0.375. The molecule has 2 N–H and O–H groups in total. The first kappa shape index (κ1) is 12.7. The number of hydrogen-bond acceptors (Lipinski definition) is 6. The van der Waals surface area contributed by atoms with E-state index in [1.54, 1.807) is 0 Å². The van der Waals surface area contributed by atoms with E-state index < -0.39 is 13.3 Å². The summed E-state index contributed by atoms with van der Waals surface area (Å²) in [5.41, 5.74) is 0. The summed E-state index contributed by atoms with van der Waals surface area (Å²) in [5, 5.41) is 17.2. The van der Waals surface area contributed by atoms with Gasteiger partial charge in [-0.25, -0.2) is 0 Å². The Bertz CT molecular complexity index is 338. The maximum Gasteiger partial charge on any atom is 0.707 e. The van der Waals surface area contributed by atoms with Gasteiger partial charge in [-0.3, -0.25) is 0 Å². The first-order valence-corrected chi connectivity index (χ1v) is 4.44. The van der Waals surface area contributed by atoms with Gasteiger partial charge in [0.05, 0.1) is 6.61 Å². The van der Waals surface area contributed by atoms with Gasteiger partial charge in [-0.15, -0.1) is 0 Å². The summed E-state index contributed by atoms with van der Waals surface area (Å²) < 4.78 is 27.1. The molecule has 0 aliphatic heterocycles. The Kier molecular flexibility index (Phi) is 4.97. The smallest absolute Gasteiger partial charge is 0.508 e. The van der Waals surface area contributed by atoms with Gasteiger partial charge in [0.1, 0.15) is 6.61 Å². The Labute approximate surface area is 91.8 Å². The van der Waals surface area contributed by atoms with Crippen molar-refractivity contribution in [2.45, 2.75) is 0 Å². The fourth-order valence-corrected chi connectivity index (χ4v) is 0.933. The van der Waals surface area contributed by atoms with E-state index in [0.29, 0.717) is 6.61 Å². The summed E-state index contributed by atoms with van der Waals surface area (Å²) in [6, 6.07) is 2.20. The lowest BCUT2D eigenvalue weighted by Crippen LogP contribution is -2.21. The normalized spacial score (nSPS) is 10.0. The van der Waals surface area contributed by atoms with Gasteiger partial charge in [0.2, 0.25) is 5.95 Å². The van der Waals surface area contributed by atoms with Gasteiger partial charge in [-0.2, -0.15) is 9.37 Å². The SMILES string of the molecule is COCCOc1nc(F)ccc1OB(O)O. The highest BCUT2D eigenvalue weighted by atomic mass is 19.1. The summed E-state index contributed by atoms with van der Waals surface area (Å²) in [7, 11) is -0.533. The molecule has 0 aliphatic rings. The second-order valence-corrected chi connectivity index (χ2v) is 2.72. The Balaban J connectivity index is 2.73. The number of hydrogen-bond donors (Lipinski definition) is 2. The zero-order valence-electron chi connectivity index (χ0n) is 8.59. The summed E-state index contributed by atoms with van der Waals surface area (Å²) in [6.07, 6.45) is 0. The van der Waals surface area contributed by atoms with Crippen molar-refractivity contribution in [2.24, 2.45) is 0 Å². The molecule has 1 heterocycles. The van der Waals surface area contributed by atoms with E-state index in [1.165, 1.54) is 13.2 Å². The number of methoxy groups -OCH3 is 1. The Morgan fingerprint density at radius 1 is 1.38 bits per heavy atom. The van der Waals surface area contributed by atoms with Crippen molar-refractivity contribution >= 4 is 7.32 Å². The van der Waals surface area contributed by atoms with Gasteiger partial charge in [0.15, 0.2) is 5.75 Å². The molecule has 1 aromatic heterocycles. The molecule has 0 fully saturated rings. The molecule has 0 aliphatic carbocycles. The number of ether oxygens (including phenoxy) is 2. The largest absolute Gasteiger partial charge is 0.707 e. The van der Waals surface area contributed by atoms with Gasteiger partial charge < -0.3 is 24.2 Å². The standard InChI is InChI=1S/C8H11BFNO5/c1-14-4-5-15-8-6(16-9(12)13)2-3-7(10)11-8/h2-3,12-13H,4-5H2,1H3. The minimum atomic E-state index is -2.02. The summed E-state index contributed by atoms with van der Waals surface area (Å²) in [5.74, 6) is -0.982. The predicted molar refractivity (Wildman–Crippen MR) is 52.4 cm³/mol. The molecule has 0 amide bonds. The Morgan fingerprint density at radius 3 is 2.75 bits per heavy atom. The van der Waals surface area contributed by atoms with Crippen LogP contribution in [0.5, 0.6) is 11.6 Å². The van der Waals surface area contributed by atoms with Crippen molar-refractivity contribution < 1.29 is 28.6 Å². The maximum atomic E-state index is 12.8. The number of pyridine rings is 1. The quantitative estimate of drug-likeness (QED) is 0.393. The summed E-state index contributed by atoms with van der Waals surface area (Å²) in [6.45, 7) is 0.435. The lowest BCUT2D eigenvalue weighted by atomic mass is 10.2. The van der Waals surface area contributed by atoms with Crippen molar-refractivity contribution in [3.8, 4) is 11.6 Å². The predicted octanol–water partition coefficient (Wildman–Crippen LogP) is -0.406. The van der Waals surface area contributed by atoms with Gasteiger partial charge in [-0.1, -0.05) is 0 Å². The maximum absolute atomic E-state index is 12.8. The zero-order valence-corrected chi connectivity index (χ0v) is 8.59. The van der Waals surface area contributed by atoms with E-state index in [0.717, 1.165) is 6.07 Å². The lowest BCUT2D eigenvalue weighted by molar-refractivity contribution is 0.140. The highest BCUT2D eigenvalue weighted by Crippen LogP contribution is 2.24. The van der Waals surface area contributed by atoms with E-state index in [4.69, 9.17) is 19.5 Å². The molecule has 16 heavy (non-hydrogen) atoms. The molecule has 0 atom stereocenters. The van der Waals surface area contributed by atoms with Crippen LogP contribution in [0.2, 0.25) is 0 Å². The third-order valence-electron chi connectivity index (χ3n) is 1.55. The Morgan fingerprint density at radius 2 is 2.12 bits per heavy atom. The third-order valence-corrected chi connectivity index (χ3v) is 1.55. The first-order valence-electron chi connectivity index (χ1n) is 4.44. The van der Waals surface area contributed by atoms with Gasteiger partial charge in [-0.05, 0) is 12.1 Å². The molecule has 0 unspecified atom stereocenters. The van der Waals surface area contributed by atoms with Crippen LogP contribution in [0.4, 0.5) is 4.39 Å². The molecule has 1 aromatic rings. The number of rotatable bonds is 6. The Hall–Kier alpha value is -1.38. The van der Waals surface area contributed by atoms with Crippen LogP contribution < -0.4 is 9.39 Å². The van der Waals surface area contributed by atoms with Crippen LogP contribution in [0.25, 0.3) is 0 Å². The zero-order chi connectivity index (χ0) is 12.0. The van der Waals surface area contributed by atoms with Gasteiger partial charge in [0, 0.05) is 7.11 Å². The second kappa shape index (κ2) is 6.26. The average molecular weight is 231 g/mol. The van der Waals surface area contributed by atoms with E-state index in [2.05, 4.69) is 9.64 Å². The minimum absolute atomic E-state index is 0.0625. The highest BCUT2D eigenvalue weighted by Gasteiger charge is 2.16. The van der Waals surface area contributed by atoms with Crippen molar-refractivity contribution in [3.05, 3.63) is 18.1 Å². The van der Waals surface area contributed by atoms with E-state index in [1.807, 2.05) is 0 Å². The van der Waals surface area contributed by atoms with Crippen LogP contribution in [-0.4, -0.2) is 42.7 Å². The van der Waals surface area contributed by atoms with E-state index >= 15 is 0 Å². The molecule has 0 spiro atoms. The molecular weight excluding hydrogens is 220 g/mol. The van der Waals surface area contributed by atoms with Crippen LogP contribution in [-0.2, 0) is 4.74 Å².